The second kappa shape index (κ2) is 6.55. The van der Waals surface area contributed by atoms with Crippen LogP contribution in [0.1, 0.15) is 71.6 Å². The number of sulfone groups is 1. The number of carbonyl (C=O) groups excluding carboxylic acids is 1. The number of hydrogen-bond acceptors (Lipinski definition) is 4. The number of hydrogen-bond donors (Lipinski definition) is 1. The molecule has 0 aromatic carbocycles. The maximum absolute atomic E-state index is 12.8. The molecule has 0 aromatic heterocycles. The van der Waals surface area contributed by atoms with Crippen molar-refractivity contribution in [2.75, 3.05) is 12.0 Å². The van der Waals surface area contributed by atoms with Crippen molar-refractivity contribution in [3.05, 3.63) is 0 Å². The molecule has 1 N–H and O–H groups in total. The second-order valence-corrected chi connectivity index (χ2v) is 13.0. The van der Waals surface area contributed by atoms with Crippen molar-refractivity contribution in [3.8, 4) is 0 Å². The molecule has 8 atom stereocenters. The Hall–Kier alpha value is -0.420. The van der Waals surface area contributed by atoms with Gasteiger partial charge in [-0.15, -0.1) is 0 Å². The quantitative estimate of drug-likeness (QED) is 0.791. The zero-order chi connectivity index (χ0) is 19.6. The average molecular weight is 397 g/mol. The van der Waals surface area contributed by atoms with Gasteiger partial charge in [0, 0.05) is 12.2 Å². The molecule has 4 rings (SSSR count). The Morgan fingerprint density at radius 1 is 0.963 bits per heavy atom. The van der Waals surface area contributed by atoms with Gasteiger partial charge in [0.1, 0.15) is 5.75 Å². The Bertz CT molecular complexity index is 712. The highest BCUT2D eigenvalue weighted by Crippen LogP contribution is 2.64. The summed E-state index contributed by atoms with van der Waals surface area (Å²) in [5, 5.41) is 10.5. The first-order valence-corrected chi connectivity index (χ1v) is 13.0. The molecule has 0 amide bonds. The monoisotopic (exact) mass is 396 g/mol. The third kappa shape index (κ3) is 3.52. The summed E-state index contributed by atoms with van der Waals surface area (Å²) in [6.45, 7) is 4.28. The van der Waals surface area contributed by atoms with Gasteiger partial charge in [0.25, 0.3) is 0 Å². The lowest BCUT2D eigenvalue weighted by Crippen LogP contribution is -2.51. The van der Waals surface area contributed by atoms with E-state index in [0.29, 0.717) is 17.8 Å². The first-order chi connectivity index (χ1) is 12.5. The van der Waals surface area contributed by atoms with Crippen molar-refractivity contribution < 1.29 is 18.3 Å². The second-order valence-electron chi connectivity index (χ2n) is 10.9. The lowest BCUT2D eigenvalue weighted by molar-refractivity contribution is -0.130. The molecule has 0 unspecified atom stereocenters. The van der Waals surface area contributed by atoms with Crippen LogP contribution in [0.15, 0.2) is 0 Å². The molecule has 5 heteroatoms. The molecule has 0 aliphatic heterocycles. The Kier molecular flexibility index (Phi) is 4.82. The van der Waals surface area contributed by atoms with Crippen LogP contribution in [0, 0.1) is 40.9 Å². The van der Waals surface area contributed by atoms with Crippen molar-refractivity contribution in [1.29, 1.82) is 0 Å². The summed E-state index contributed by atoms with van der Waals surface area (Å²) in [5.41, 5.74) is -0.483. The fraction of sp³-hybridized carbons (Fsp3) is 0.955. The Labute approximate surface area is 164 Å². The number of aliphatic hydroxyl groups is 1. The van der Waals surface area contributed by atoms with E-state index in [-0.39, 0.29) is 22.9 Å². The van der Waals surface area contributed by atoms with Crippen molar-refractivity contribution >= 4 is 15.6 Å². The molecule has 0 aromatic rings. The smallest absolute Gasteiger partial charge is 0.154 e. The Morgan fingerprint density at radius 2 is 1.67 bits per heavy atom. The van der Waals surface area contributed by atoms with Gasteiger partial charge >= 0.3 is 0 Å². The molecule has 27 heavy (non-hydrogen) atoms. The van der Waals surface area contributed by atoms with E-state index < -0.39 is 15.4 Å². The van der Waals surface area contributed by atoms with Gasteiger partial charge in [-0.3, -0.25) is 4.79 Å². The molecule has 0 bridgehead atoms. The van der Waals surface area contributed by atoms with Gasteiger partial charge in [-0.05, 0) is 99.7 Å². The van der Waals surface area contributed by atoms with E-state index in [1.807, 2.05) is 6.92 Å². The SMILES string of the molecule is C[C@@]1(O)CC[C@H]2[C@H](CC[C@@H]3[C@@H]2CC[C@]2(C)[C@@H](C(=O)CS(C)(=O)=O)CC[C@@H]32)C1. The van der Waals surface area contributed by atoms with Crippen LogP contribution in [0.2, 0.25) is 0 Å². The third-order valence-electron chi connectivity index (χ3n) is 9.03. The highest BCUT2D eigenvalue weighted by molar-refractivity contribution is 7.91. The molecule has 4 aliphatic rings. The average Bonchev–Trinajstić information content (AvgIpc) is 2.89. The summed E-state index contributed by atoms with van der Waals surface area (Å²) >= 11 is 0. The van der Waals surface area contributed by atoms with Gasteiger partial charge in [-0.1, -0.05) is 6.92 Å². The van der Waals surface area contributed by atoms with E-state index in [2.05, 4.69) is 6.92 Å². The van der Waals surface area contributed by atoms with E-state index >= 15 is 0 Å². The van der Waals surface area contributed by atoms with Gasteiger partial charge in [-0.25, -0.2) is 8.42 Å². The number of Topliss-reactive ketones (excluding diaryl/α,β-unsaturated/α-hetero) is 1. The first-order valence-electron chi connectivity index (χ1n) is 10.9. The molecule has 4 aliphatic carbocycles. The van der Waals surface area contributed by atoms with Gasteiger partial charge < -0.3 is 5.11 Å². The van der Waals surface area contributed by atoms with Crippen molar-refractivity contribution in [1.82, 2.24) is 0 Å². The summed E-state index contributed by atoms with van der Waals surface area (Å²) in [6.07, 6.45) is 10.9. The number of ketones is 1. The van der Waals surface area contributed by atoms with E-state index in [0.717, 1.165) is 50.4 Å². The fourth-order valence-electron chi connectivity index (χ4n) is 7.97. The van der Waals surface area contributed by atoms with Gasteiger partial charge in [0.05, 0.1) is 5.60 Å². The highest BCUT2D eigenvalue weighted by atomic mass is 32.2. The molecular formula is C22H36O4S. The fourth-order valence-corrected chi connectivity index (χ4v) is 8.69. The van der Waals surface area contributed by atoms with Crippen LogP contribution in [0.25, 0.3) is 0 Å². The molecule has 4 nitrogen and oxygen atoms in total. The van der Waals surface area contributed by atoms with Gasteiger partial charge in [0.2, 0.25) is 0 Å². The predicted octanol–water partition coefficient (Wildman–Crippen LogP) is 3.62. The van der Waals surface area contributed by atoms with Gasteiger partial charge in [0.15, 0.2) is 15.6 Å². The van der Waals surface area contributed by atoms with Crippen LogP contribution in [-0.4, -0.2) is 36.9 Å². The molecule has 0 heterocycles. The van der Waals surface area contributed by atoms with Crippen LogP contribution in [0.4, 0.5) is 0 Å². The van der Waals surface area contributed by atoms with E-state index in [1.165, 1.54) is 25.5 Å². The van der Waals surface area contributed by atoms with Crippen molar-refractivity contribution in [2.45, 2.75) is 77.2 Å². The minimum atomic E-state index is -3.25. The predicted molar refractivity (Wildman–Crippen MR) is 106 cm³/mol. The molecule has 4 fully saturated rings. The standard InChI is InChI=1S/C22H36O4S/c1-21(24)10-8-15-14(12-21)4-5-17-16(15)9-11-22(2)18(17)6-7-19(22)20(23)13-27(3,25)26/h14-19,24H,4-13H2,1-3H3/t14-,15+,16-,17-,18+,19-,21-,22+/m1/s1. The lowest BCUT2D eigenvalue weighted by Gasteiger charge is -2.56. The largest absolute Gasteiger partial charge is 0.390 e. The normalized spacial score (nSPS) is 49.8. The molecule has 4 saturated carbocycles. The summed E-state index contributed by atoms with van der Waals surface area (Å²) in [7, 11) is -3.25. The molecule has 0 saturated heterocycles. The van der Waals surface area contributed by atoms with Crippen molar-refractivity contribution in [3.63, 3.8) is 0 Å². The maximum atomic E-state index is 12.8. The summed E-state index contributed by atoms with van der Waals surface area (Å²) < 4.78 is 23.3. The van der Waals surface area contributed by atoms with Crippen LogP contribution in [0.5, 0.6) is 0 Å². The molecular weight excluding hydrogens is 360 g/mol. The van der Waals surface area contributed by atoms with E-state index in [4.69, 9.17) is 0 Å². The van der Waals surface area contributed by atoms with Crippen LogP contribution >= 0.6 is 0 Å². The molecule has 0 spiro atoms. The zero-order valence-electron chi connectivity index (χ0n) is 17.1. The van der Waals surface area contributed by atoms with Crippen LogP contribution in [-0.2, 0) is 14.6 Å². The summed E-state index contributed by atoms with van der Waals surface area (Å²) in [5.74, 6) is 3.06. The van der Waals surface area contributed by atoms with Gasteiger partial charge in [-0.2, -0.15) is 0 Å². The maximum Gasteiger partial charge on any atom is 0.154 e. The first kappa shape index (κ1) is 19.9. The molecule has 154 valence electrons. The summed E-state index contributed by atoms with van der Waals surface area (Å²) in [4.78, 5) is 12.8. The minimum Gasteiger partial charge on any atom is -0.390 e. The minimum absolute atomic E-state index is 0.00403. The zero-order valence-corrected chi connectivity index (χ0v) is 17.9. The number of fused-ring (bicyclic) bond motifs is 5. The van der Waals surface area contributed by atoms with E-state index in [9.17, 15) is 18.3 Å². The third-order valence-corrected chi connectivity index (χ3v) is 9.84. The lowest BCUT2D eigenvalue weighted by atomic mass is 9.49. The Morgan fingerprint density at radius 3 is 2.37 bits per heavy atom. The van der Waals surface area contributed by atoms with E-state index in [1.54, 1.807) is 0 Å². The molecule has 0 radical (unpaired) electrons. The summed E-state index contributed by atoms with van der Waals surface area (Å²) in [6, 6.07) is 0. The number of rotatable bonds is 3. The highest BCUT2D eigenvalue weighted by Gasteiger charge is 2.58. The van der Waals surface area contributed by atoms with Crippen molar-refractivity contribution in [2.24, 2.45) is 40.9 Å². The van der Waals surface area contributed by atoms with Crippen LogP contribution in [0.3, 0.4) is 0 Å². The van der Waals surface area contributed by atoms with Crippen LogP contribution < -0.4 is 0 Å². The topological polar surface area (TPSA) is 71.4 Å². The number of carbonyl (C=O) groups is 1. The Balaban J connectivity index is 1.52.